The second-order valence-electron chi connectivity index (χ2n) is 16.1. The number of carbonyl (C=O) groups excluding carboxylic acids is 3. The fraction of sp³-hybridized carbons (Fsp3) is 0.872. The molecule has 5 rings (SSSR count). The van der Waals surface area contributed by atoms with Gasteiger partial charge in [0, 0.05) is 24.3 Å². The predicted molar refractivity (Wildman–Crippen MR) is 178 cm³/mol. The lowest BCUT2D eigenvalue weighted by Gasteiger charge is -2.65. The molecule has 7 nitrogen and oxygen atoms in total. The van der Waals surface area contributed by atoms with Gasteiger partial charge in [-0.25, -0.2) is 4.79 Å². The van der Waals surface area contributed by atoms with Crippen molar-refractivity contribution in [2.75, 3.05) is 6.61 Å². The van der Waals surface area contributed by atoms with Gasteiger partial charge in [0.25, 0.3) is 0 Å². The number of ether oxygens (including phenoxy) is 2. The van der Waals surface area contributed by atoms with E-state index >= 15 is 0 Å². The van der Waals surface area contributed by atoms with Crippen LogP contribution in [0.25, 0.3) is 0 Å². The Labute approximate surface area is 277 Å². The summed E-state index contributed by atoms with van der Waals surface area (Å²) in [5.74, 6) is -0.601. The van der Waals surface area contributed by atoms with Crippen molar-refractivity contribution in [3.63, 3.8) is 0 Å². The van der Waals surface area contributed by atoms with Gasteiger partial charge >= 0.3 is 11.9 Å². The lowest BCUT2D eigenvalue weighted by molar-refractivity contribution is -0.249. The van der Waals surface area contributed by atoms with Crippen LogP contribution >= 0.6 is 0 Å². The van der Waals surface area contributed by atoms with Crippen LogP contribution < -0.4 is 0 Å². The SMILES string of the molecule is CCCCCCCCCCCCCCCC(=O)O[C@H]1CC[C@]2(C=O)[C@H]3CC[C@]4(C)[C@@H](C5=CC(=O)OC5)CC[C@]4(O)[C@@H]3CC[C@]2(O)C1. The molecule has 4 fully saturated rings. The van der Waals surface area contributed by atoms with Crippen molar-refractivity contribution in [2.24, 2.45) is 28.6 Å². The molecule has 0 amide bonds. The molecule has 1 aliphatic heterocycles. The van der Waals surface area contributed by atoms with Gasteiger partial charge in [0.1, 0.15) is 19.0 Å². The smallest absolute Gasteiger partial charge is 0.331 e. The van der Waals surface area contributed by atoms with E-state index in [1.165, 1.54) is 64.2 Å². The molecule has 260 valence electrons. The van der Waals surface area contributed by atoms with Gasteiger partial charge in [-0.05, 0) is 81.1 Å². The van der Waals surface area contributed by atoms with E-state index in [-0.39, 0.29) is 35.8 Å². The first-order valence-corrected chi connectivity index (χ1v) is 19.1. The van der Waals surface area contributed by atoms with E-state index in [0.717, 1.165) is 50.4 Å². The fourth-order valence-corrected chi connectivity index (χ4v) is 10.9. The summed E-state index contributed by atoms with van der Waals surface area (Å²) in [6.07, 6.45) is 24.4. The van der Waals surface area contributed by atoms with Crippen LogP contribution in [-0.2, 0) is 23.9 Å². The maximum Gasteiger partial charge on any atom is 0.331 e. The third kappa shape index (κ3) is 6.88. The predicted octanol–water partition coefficient (Wildman–Crippen LogP) is 7.93. The highest BCUT2D eigenvalue weighted by molar-refractivity contribution is 5.85. The molecule has 4 aliphatic carbocycles. The molecule has 7 heteroatoms. The number of cyclic esters (lactones) is 1. The van der Waals surface area contributed by atoms with Gasteiger partial charge in [0.2, 0.25) is 0 Å². The van der Waals surface area contributed by atoms with Gasteiger partial charge in [-0.2, -0.15) is 0 Å². The van der Waals surface area contributed by atoms with Gasteiger partial charge in [0.05, 0.1) is 16.6 Å². The summed E-state index contributed by atoms with van der Waals surface area (Å²) in [5.41, 5.74) is -2.53. The second-order valence-corrected chi connectivity index (χ2v) is 16.1. The van der Waals surface area contributed by atoms with Gasteiger partial charge in [0.15, 0.2) is 0 Å². The van der Waals surface area contributed by atoms with E-state index in [0.29, 0.717) is 51.6 Å². The number of fused-ring (bicyclic) bond motifs is 5. The Bertz CT molecular complexity index is 1100. The molecule has 0 spiro atoms. The monoisotopic (exact) mass is 642 g/mol. The molecule has 8 atom stereocenters. The topological polar surface area (TPSA) is 110 Å². The summed E-state index contributed by atoms with van der Waals surface area (Å²) in [7, 11) is 0. The number of unbranched alkanes of at least 4 members (excludes halogenated alkanes) is 12. The van der Waals surface area contributed by atoms with Crippen LogP contribution in [0.4, 0.5) is 0 Å². The number of aldehydes is 1. The number of hydrogen-bond donors (Lipinski definition) is 2. The fourth-order valence-electron chi connectivity index (χ4n) is 10.9. The van der Waals surface area contributed by atoms with E-state index < -0.39 is 22.0 Å². The molecule has 0 radical (unpaired) electrons. The molecule has 0 aromatic carbocycles. The van der Waals surface area contributed by atoms with Crippen LogP contribution in [0.15, 0.2) is 11.6 Å². The molecular weight excluding hydrogens is 580 g/mol. The second kappa shape index (κ2) is 15.2. The Kier molecular flexibility index (Phi) is 11.8. The van der Waals surface area contributed by atoms with Crippen molar-refractivity contribution in [2.45, 2.75) is 179 Å². The summed E-state index contributed by atoms with van der Waals surface area (Å²) in [6.45, 7) is 4.73. The molecule has 0 bridgehead atoms. The minimum absolute atomic E-state index is 0.0861. The van der Waals surface area contributed by atoms with E-state index in [1.807, 2.05) is 0 Å². The van der Waals surface area contributed by atoms with E-state index in [4.69, 9.17) is 9.47 Å². The number of hydrogen-bond acceptors (Lipinski definition) is 7. The van der Waals surface area contributed by atoms with Crippen molar-refractivity contribution in [1.29, 1.82) is 0 Å². The number of aliphatic hydroxyl groups is 2. The zero-order valence-corrected chi connectivity index (χ0v) is 28.9. The summed E-state index contributed by atoms with van der Waals surface area (Å²) < 4.78 is 11.1. The molecule has 1 heterocycles. The van der Waals surface area contributed by atoms with Crippen molar-refractivity contribution in [3.05, 3.63) is 11.6 Å². The lowest BCUT2D eigenvalue weighted by Crippen LogP contribution is -2.69. The maximum atomic E-state index is 13.0. The molecule has 5 aliphatic rings. The van der Waals surface area contributed by atoms with Crippen molar-refractivity contribution in [3.8, 4) is 0 Å². The van der Waals surface area contributed by atoms with Crippen molar-refractivity contribution in [1.82, 2.24) is 0 Å². The molecular formula is C39H62O7. The highest BCUT2D eigenvalue weighted by atomic mass is 16.5. The first-order valence-electron chi connectivity index (χ1n) is 19.1. The zero-order valence-electron chi connectivity index (χ0n) is 28.9. The molecule has 46 heavy (non-hydrogen) atoms. The Morgan fingerprint density at radius 2 is 1.50 bits per heavy atom. The third-order valence-corrected chi connectivity index (χ3v) is 13.6. The van der Waals surface area contributed by atoms with Crippen LogP contribution in [-0.4, -0.2) is 52.4 Å². The first-order chi connectivity index (χ1) is 22.1. The average Bonchev–Trinajstić information content (AvgIpc) is 3.58. The normalized spacial score (nSPS) is 38.3. The summed E-state index contributed by atoms with van der Waals surface area (Å²) in [5, 5.41) is 24.6. The number of carbonyl (C=O) groups is 3. The minimum atomic E-state index is -1.23. The van der Waals surface area contributed by atoms with Crippen LogP contribution in [0.3, 0.4) is 0 Å². The number of esters is 2. The van der Waals surface area contributed by atoms with Crippen molar-refractivity contribution >= 4 is 18.2 Å². The largest absolute Gasteiger partial charge is 0.462 e. The van der Waals surface area contributed by atoms with Gasteiger partial charge in [-0.3, -0.25) is 4.79 Å². The highest BCUT2D eigenvalue weighted by Gasteiger charge is 2.71. The Hall–Kier alpha value is -1.73. The maximum absolute atomic E-state index is 13.0. The highest BCUT2D eigenvalue weighted by Crippen LogP contribution is 2.70. The van der Waals surface area contributed by atoms with Crippen LogP contribution in [0.2, 0.25) is 0 Å². The molecule has 0 saturated heterocycles. The molecule has 0 unspecified atom stereocenters. The Balaban J connectivity index is 1.06. The summed E-state index contributed by atoms with van der Waals surface area (Å²) in [6, 6.07) is 0. The molecule has 4 saturated carbocycles. The minimum Gasteiger partial charge on any atom is -0.462 e. The molecule has 2 N–H and O–H groups in total. The summed E-state index contributed by atoms with van der Waals surface area (Å²) >= 11 is 0. The van der Waals surface area contributed by atoms with E-state index in [2.05, 4.69) is 13.8 Å². The van der Waals surface area contributed by atoms with Gasteiger partial charge in [-0.15, -0.1) is 0 Å². The number of rotatable bonds is 17. The van der Waals surface area contributed by atoms with E-state index in [9.17, 15) is 24.6 Å². The van der Waals surface area contributed by atoms with Crippen molar-refractivity contribution < 1.29 is 34.1 Å². The quantitative estimate of drug-likeness (QED) is 0.0942. The molecule has 0 aromatic heterocycles. The standard InChI is InChI=1S/C39H62O7/c1-3-4-5-6-7-8-9-10-11-12-13-14-15-16-34(41)46-30-17-22-37(28-40)32-18-21-36(2)31(29-25-35(42)45-27-29)20-24-39(36,44)33(32)19-23-38(37,43)26-30/h25,28,30-33,43-44H,3-24,26-27H2,1-2H3/t30-,31+,32-,33+,36+,37-,38-,39-/m0/s1. The lowest BCUT2D eigenvalue weighted by atomic mass is 9.41. The first kappa shape index (κ1) is 35.6. The summed E-state index contributed by atoms with van der Waals surface area (Å²) in [4.78, 5) is 37.6. The van der Waals surface area contributed by atoms with Crippen LogP contribution in [0, 0.1) is 28.6 Å². The van der Waals surface area contributed by atoms with E-state index in [1.54, 1.807) is 6.08 Å². The van der Waals surface area contributed by atoms with Gasteiger partial charge < -0.3 is 24.5 Å². The average molecular weight is 643 g/mol. The third-order valence-electron chi connectivity index (χ3n) is 13.6. The van der Waals surface area contributed by atoms with Gasteiger partial charge in [-0.1, -0.05) is 90.9 Å². The Morgan fingerprint density at radius 1 is 0.870 bits per heavy atom. The zero-order chi connectivity index (χ0) is 32.8. The van der Waals surface area contributed by atoms with Crippen LogP contribution in [0.5, 0.6) is 0 Å². The Morgan fingerprint density at radius 3 is 2.11 bits per heavy atom. The van der Waals surface area contributed by atoms with Crippen LogP contribution in [0.1, 0.15) is 162 Å². The molecule has 0 aromatic rings.